The van der Waals surface area contributed by atoms with E-state index in [1.54, 1.807) is 0 Å². The largest absolute Gasteiger partial charge is 0.464 e. The van der Waals surface area contributed by atoms with Gasteiger partial charge >= 0.3 is 18.0 Å². The monoisotopic (exact) mass is 286 g/mol. The van der Waals surface area contributed by atoms with E-state index in [1.165, 1.54) is 6.92 Å². The summed E-state index contributed by atoms with van der Waals surface area (Å²) in [5.74, 6) is -7.19. The van der Waals surface area contributed by atoms with E-state index in [4.69, 9.17) is 0 Å². The first-order valence-corrected chi connectivity index (χ1v) is 4.53. The number of ether oxygens (including phenoxy) is 2. The topological polar surface area (TPSA) is 35.5 Å². The Kier molecular flexibility index (Phi) is 5.84. The second-order valence-corrected chi connectivity index (χ2v) is 2.97. The van der Waals surface area contributed by atoms with Gasteiger partial charge in [0.2, 0.25) is 6.17 Å². The first kappa shape index (κ1) is 16.9. The van der Waals surface area contributed by atoms with Gasteiger partial charge in [-0.05, 0) is 6.92 Å². The summed E-state index contributed by atoms with van der Waals surface area (Å²) >= 11 is 0. The molecule has 1 atom stereocenters. The lowest BCUT2D eigenvalue weighted by atomic mass is 10.2. The summed E-state index contributed by atoms with van der Waals surface area (Å²) in [4.78, 5) is 10.6. The van der Waals surface area contributed by atoms with Gasteiger partial charge in [-0.25, -0.2) is 18.0 Å². The third kappa shape index (κ3) is 4.00. The maximum Gasteiger partial charge on any atom is 0.423 e. The van der Waals surface area contributed by atoms with Crippen LogP contribution < -0.4 is 0 Å². The average Bonchev–Trinajstić information content (AvgIpc) is 2.25. The van der Waals surface area contributed by atoms with Crippen LogP contribution in [0.1, 0.15) is 6.92 Å². The second kappa shape index (κ2) is 6.21. The molecule has 3 nitrogen and oxygen atoms in total. The fraction of sp³-hybridized carbons (Fsp3) is 0.875. The van der Waals surface area contributed by atoms with Gasteiger partial charge in [-0.3, -0.25) is 0 Å². The Hall–Kier alpha value is -1.06. The lowest BCUT2D eigenvalue weighted by Crippen LogP contribution is -2.52. The molecule has 10 heteroatoms. The maximum absolute atomic E-state index is 12.7. The fourth-order valence-corrected chi connectivity index (χ4v) is 0.767. The van der Waals surface area contributed by atoms with Crippen LogP contribution in [0.15, 0.2) is 0 Å². The van der Waals surface area contributed by atoms with Gasteiger partial charge in [0.1, 0.15) is 0 Å². The lowest BCUT2D eigenvalue weighted by molar-refractivity contribution is -0.367. The van der Waals surface area contributed by atoms with Crippen LogP contribution in [0.3, 0.4) is 0 Å². The van der Waals surface area contributed by atoms with Crippen molar-refractivity contribution in [3.8, 4) is 0 Å². The summed E-state index contributed by atoms with van der Waals surface area (Å²) in [6, 6.07) is 0. The zero-order valence-corrected chi connectivity index (χ0v) is 8.94. The molecule has 0 N–H and O–H groups in total. The number of esters is 1. The molecule has 0 saturated carbocycles. The van der Waals surface area contributed by atoms with Crippen LogP contribution in [0.5, 0.6) is 0 Å². The van der Waals surface area contributed by atoms with E-state index in [-0.39, 0.29) is 6.61 Å². The molecule has 0 saturated heterocycles. The predicted molar refractivity (Wildman–Crippen MR) is 43.4 cm³/mol. The van der Waals surface area contributed by atoms with Crippen molar-refractivity contribution in [3.63, 3.8) is 0 Å². The Balaban J connectivity index is 4.65. The molecule has 0 heterocycles. The molecule has 108 valence electrons. The first-order chi connectivity index (χ1) is 8.06. The number of carbonyl (C=O) groups excluding carboxylic acids is 1. The summed E-state index contributed by atoms with van der Waals surface area (Å²) < 4.78 is 93.3. The molecule has 0 aromatic rings. The van der Waals surface area contributed by atoms with Gasteiger partial charge in [0.15, 0.2) is 6.61 Å². The molecule has 0 aromatic heterocycles. The molecule has 0 aliphatic heterocycles. The van der Waals surface area contributed by atoms with E-state index in [2.05, 4.69) is 9.47 Å². The van der Waals surface area contributed by atoms with Crippen molar-refractivity contribution in [3.05, 3.63) is 0 Å². The highest BCUT2D eigenvalue weighted by molar-refractivity contribution is 5.70. The Labute approximate surface area is 96.8 Å². The van der Waals surface area contributed by atoms with Gasteiger partial charge in [-0.1, -0.05) is 0 Å². The zero-order chi connectivity index (χ0) is 14.6. The number of hydrogen-bond acceptors (Lipinski definition) is 3. The van der Waals surface area contributed by atoms with Crippen molar-refractivity contribution < 1.29 is 45.0 Å². The van der Waals surface area contributed by atoms with Crippen LogP contribution in [0.25, 0.3) is 0 Å². The maximum atomic E-state index is 12.7. The van der Waals surface area contributed by atoms with E-state index in [1.807, 2.05) is 0 Å². The van der Waals surface area contributed by atoms with Crippen molar-refractivity contribution in [2.45, 2.75) is 31.6 Å². The summed E-state index contributed by atoms with van der Waals surface area (Å²) in [5.41, 5.74) is 0. The molecule has 0 amide bonds. The summed E-state index contributed by atoms with van der Waals surface area (Å²) in [6.45, 7) is -0.543. The van der Waals surface area contributed by atoms with Crippen LogP contribution in [0.2, 0.25) is 0 Å². The minimum absolute atomic E-state index is 0.229. The molecule has 0 fully saturated rings. The number of alkyl halides is 7. The van der Waals surface area contributed by atoms with E-state index < -0.39 is 37.2 Å². The minimum atomic E-state index is -5.77. The van der Waals surface area contributed by atoms with Gasteiger partial charge in [-0.2, -0.15) is 17.6 Å². The van der Waals surface area contributed by atoms with Crippen molar-refractivity contribution in [2.75, 3.05) is 13.2 Å². The molecular weight excluding hydrogens is 277 g/mol. The number of hydrogen-bond donors (Lipinski definition) is 0. The van der Waals surface area contributed by atoms with Crippen LogP contribution in [-0.4, -0.2) is 43.8 Å². The van der Waals surface area contributed by atoms with E-state index in [0.29, 0.717) is 0 Å². The summed E-state index contributed by atoms with van der Waals surface area (Å²) in [6.07, 6.45) is -14.3. The molecule has 18 heavy (non-hydrogen) atoms. The molecule has 0 rings (SSSR count). The molecule has 1 unspecified atom stereocenters. The number of halogens is 7. The normalized spacial score (nSPS) is 14.7. The standard InChI is InChI=1S/C8H9F7O3/c1-2-17-4(16)3-18-8(14,15)7(12,13)5(9)6(10)11/h5-6H,2-3H2,1H3. The quantitative estimate of drug-likeness (QED) is 0.532. The van der Waals surface area contributed by atoms with Crippen LogP contribution in [0, 0.1) is 0 Å². The smallest absolute Gasteiger partial charge is 0.423 e. The van der Waals surface area contributed by atoms with Gasteiger partial charge in [-0.15, -0.1) is 0 Å². The molecular formula is C8H9F7O3. The van der Waals surface area contributed by atoms with Crippen LogP contribution in [-0.2, 0) is 14.3 Å². The van der Waals surface area contributed by atoms with Crippen molar-refractivity contribution in [2.24, 2.45) is 0 Å². The minimum Gasteiger partial charge on any atom is -0.464 e. The summed E-state index contributed by atoms with van der Waals surface area (Å²) in [7, 11) is 0. The third-order valence-electron chi connectivity index (χ3n) is 1.63. The molecule has 0 aliphatic rings. The van der Waals surface area contributed by atoms with Gasteiger partial charge in [0.25, 0.3) is 6.43 Å². The highest BCUT2D eigenvalue weighted by Crippen LogP contribution is 2.41. The van der Waals surface area contributed by atoms with Crippen molar-refractivity contribution in [1.82, 2.24) is 0 Å². The molecule has 0 spiro atoms. The van der Waals surface area contributed by atoms with E-state index in [0.717, 1.165) is 0 Å². The average molecular weight is 286 g/mol. The highest BCUT2D eigenvalue weighted by atomic mass is 19.3. The second-order valence-electron chi connectivity index (χ2n) is 2.97. The highest BCUT2D eigenvalue weighted by Gasteiger charge is 2.66. The van der Waals surface area contributed by atoms with E-state index >= 15 is 0 Å². The fourth-order valence-electron chi connectivity index (χ4n) is 0.767. The Morgan fingerprint density at radius 2 is 1.67 bits per heavy atom. The Bertz CT molecular complexity index is 282. The van der Waals surface area contributed by atoms with Crippen molar-refractivity contribution in [1.29, 1.82) is 0 Å². The zero-order valence-electron chi connectivity index (χ0n) is 8.94. The predicted octanol–water partition coefficient (Wildman–Crippen LogP) is 2.40. The Morgan fingerprint density at radius 1 is 1.17 bits per heavy atom. The van der Waals surface area contributed by atoms with Crippen LogP contribution >= 0.6 is 0 Å². The molecule has 0 bridgehead atoms. The Morgan fingerprint density at radius 3 is 2.06 bits per heavy atom. The molecule has 0 aliphatic carbocycles. The van der Waals surface area contributed by atoms with Gasteiger partial charge in [0, 0.05) is 0 Å². The SMILES string of the molecule is CCOC(=O)COC(F)(F)C(F)(F)C(F)C(F)F. The summed E-state index contributed by atoms with van der Waals surface area (Å²) in [5, 5.41) is 0. The first-order valence-electron chi connectivity index (χ1n) is 4.53. The lowest BCUT2D eigenvalue weighted by Gasteiger charge is -2.27. The number of rotatable bonds is 7. The third-order valence-corrected chi connectivity index (χ3v) is 1.63. The van der Waals surface area contributed by atoms with Gasteiger partial charge in [0.05, 0.1) is 6.61 Å². The van der Waals surface area contributed by atoms with E-state index in [9.17, 15) is 35.5 Å². The van der Waals surface area contributed by atoms with Crippen LogP contribution in [0.4, 0.5) is 30.7 Å². The molecule has 0 aromatic carbocycles. The van der Waals surface area contributed by atoms with Gasteiger partial charge < -0.3 is 9.47 Å². The number of carbonyl (C=O) groups is 1. The molecule has 0 radical (unpaired) electrons. The van der Waals surface area contributed by atoms with Crippen molar-refractivity contribution >= 4 is 5.97 Å².